The fourth-order valence-electron chi connectivity index (χ4n) is 1.97. The maximum absolute atomic E-state index is 12.3. The van der Waals surface area contributed by atoms with Crippen molar-refractivity contribution in [2.24, 2.45) is 0 Å². The number of hydrogen-bond donors (Lipinski definition) is 2. The first-order chi connectivity index (χ1) is 10.5. The van der Waals surface area contributed by atoms with Gasteiger partial charge in [0.2, 0.25) is 0 Å². The molecular weight excluding hydrogens is 314 g/mol. The van der Waals surface area contributed by atoms with Crippen molar-refractivity contribution in [2.45, 2.75) is 19.4 Å². The minimum Gasteiger partial charge on any atom is -0.390 e. The summed E-state index contributed by atoms with van der Waals surface area (Å²) >= 11 is 3.10. The summed E-state index contributed by atoms with van der Waals surface area (Å²) in [5.74, 6) is 1.43. The van der Waals surface area contributed by atoms with E-state index in [-0.39, 0.29) is 5.91 Å². The normalized spacial score (nSPS) is 11.4. The summed E-state index contributed by atoms with van der Waals surface area (Å²) in [6.45, 7) is 4.18. The SMILES string of the molecule is CC(C)(O)CSCCNC(=O)c1sccc1-c1ccccc1. The van der Waals surface area contributed by atoms with E-state index in [9.17, 15) is 9.90 Å². The first-order valence-electron chi connectivity index (χ1n) is 7.18. The van der Waals surface area contributed by atoms with Gasteiger partial charge in [0.15, 0.2) is 0 Å². The van der Waals surface area contributed by atoms with Gasteiger partial charge in [0, 0.05) is 23.6 Å². The number of carbonyl (C=O) groups is 1. The largest absolute Gasteiger partial charge is 0.390 e. The first kappa shape index (κ1) is 17.1. The number of rotatable bonds is 7. The second kappa shape index (κ2) is 7.81. The summed E-state index contributed by atoms with van der Waals surface area (Å²) in [6, 6.07) is 11.9. The van der Waals surface area contributed by atoms with E-state index in [1.54, 1.807) is 25.6 Å². The number of hydrogen-bond acceptors (Lipinski definition) is 4. The molecule has 1 aromatic heterocycles. The van der Waals surface area contributed by atoms with Crippen molar-refractivity contribution in [3.8, 4) is 11.1 Å². The second-order valence-electron chi connectivity index (χ2n) is 5.65. The lowest BCUT2D eigenvalue weighted by molar-refractivity contribution is 0.0961. The maximum atomic E-state index is 12.3. The van der Waals surface area contributed by atoms with Gasteiger partial charge in [0.05, 0.1) is 10.5 Å². The molecule has 1 amide bonds. The van der Waals surface area contributed by atoms with Gasteiger partial charge in [-0.15, -0.1) is 11.3 Å². The summed E-state index contributed by atoms with van der Waals surface area (Å²) in [4.78, 5) is 13.0. The highest BCUT2D eigenvalue weighted by atomic mass is 32.2. The summed E-state index contributed by atoms with van der Waals surface area (Å²) in [6.07, 6.45) is 0. The van der Waals surface area contributed by atoms with E-state index in [4.69, 9.17) is 0 Å². The lowest BCUT2D eigenvalue weighted by Gasteiger charge is -2.16. The lowest BCUT2D eigenvalue weighted by atomic mass is 10.1. The van der Waals surface area contributed by atoms with E-state index < -0.39 is 5.60 Å². The average Bonchev–Trinajstić information content (AvgIpc) is 2.96. The van der Waals surface area contributed by atoms with Crippen LogP contribution in [0.15, 0.2) is 41.8 Å². The molecule has 2 rings (SSSR count). The van der Waals surface area contributed by atoms with Crippen LogP contribution in [0.4, 0.5) is 0 Å². The molecule has 0 unspecified atom stereocenters. The Hall–Kier alpha value is -1.30. The molecule has 2 aromatic rings. The van der Waals surface area contributed by atoms with Crippen LogP contribution in [0.1, 0.15) is 23.5 Å². The molecule has 0 fully saturated rings. The van der Waals surface area contributed by atoms with Crippen molar-refractivity contribution in [1.29, 1.82) is 0 Å². The molecular formula is C17H21NO2S2. The van der Waals surface area contributed by atoms with E-state index in [1.807, 2.05) is 41.8 Å². The van der Waals surface area contributed by atoms with Gasteiger partial charge >= 0.3 is 0 Å². The fraction of sp³-hybridized carbons (Fsp3) is 0.353. The molecule has 0 aliphatic carbocycles. The topological polar surface area (TPSA) is 49.3 Å². The van der Waals surface area contributed by atoms with Gasteiger partial charge in [-0.3, -0.25) is 4.79 Å². The molecule has 1 heterocycles. The number of benzene rings is 1. The molecule has 0 radical (unpaired) electrons. The number of aliphatic hydroxyl groups is 1. The van der Waals surface area contributed by atoms with Crippen LogP contribution in [0.2, 0.25) is 0 Å². The Kier molecular flexibility index (Phi) is 6.06. The molecule has 3 nitrogen and oxygen atoms in total. The summed E-state index contributed by atoms with van der Waals surface area (Å²) in [5.41, 5.74) is 1.38. The highest BCUT2D eigenvalue weighted by molar-refractivity contribution is 7.99. The van der Waals surface area contributed by atoms with E-state index >= 15 is 0 Å². The smallest absolute Gasteiger partial charge is 0.262 e. The summed E-state index contributed by atoms with van der Waals surface area (Å²) in [5, 5.41) is 14.5. The molecule has 0 saturated heterocycles. The number of thioether (sulfide) groups is 1. The van der Waals surface area contributed by atoms with Gasteiger partial charge in [-0.2, -0.15) is 11.8 Å². The maximum Gasteiger partial charge on any atom is 0.262 e. The number of amides is 1. The predicted octanol–water partition coefficient (Wildman–Crippen LogP) is 3.65. The zero-order valence-corrected chi connectivity index (χ0v) is 14.5. The van der Waals surface area contributed by atoms with E-state index in [2.05, 4.69) is 5.32 Å². The van der Waals surface area contributed by atoms with Crippen molar-refractivity contribution in [1.82, 2.24) is 5.32 Å². The number of nitrogens with one attached hydrogen (secondary N) is 1. The molecule has 0 bridgehead atoms. The van der Waals surface area contributed by atoms with Crippen LogP contribution in [-0.4, -0.2) is 34.7 Å². The lowest BCUT2D eigenvalue weighted by Crippen LogP contribution is -2.27. The second-order valence-corrected chi connectivity index (χ2v) is 7.67. The predicted molar refractivity (Wildman–Crippen MR) is 95.7 cm³/mol. The van der Waals surface area contributed by atoms with Crippen molar-refractivity contribution < 1.29 is 9.90 Å². The standard InChI is InChI=1S/C17H21NO2S2/c1-17(2,20)12-21-11-9-18-16(19)15-14(8-10-22-15)13-6-4-3-5-7-13/h3-8,10,20H,9,11-12H2,1-2H3,(H,18,19). The molecule has 0 spiro atoms. The van der Waals surface area contributed by atoms with Gasteiger partial charge < -0.3 is 10.4 Å². The monoisotopic (exact) mass is 335 g/mol. The van der Waals surface area contributed by atoms with Gasteiger partial charge in [-0.25, -0.2) is 0 Å². The molecule has 118 valence electrons. The number of thiophene rings is 1. The Labute approximate surface area is 139 Å². The summed E-state index contributed by atoms with van der Waals surface area (Å²) in [7, 11) is 0. The quantitative estimate of drug-likeness (QED) is 0.759. The molecule has 0 saturated carbocycles. The Morgan fingerprint density at radius 2 is 2.00 bits per heavy atom. The van der Waals surface area contributed by atoms with E-state index in [0.717, 1.165) is 21.8 Å². The van der Waals surface area contributed by atoms with Gasteiger partial charge in [0.25, 0.3) is 5.91 Å². The van der Waals surface area contributed by atoms with Crippen LogP contribution in [0.3, 0.4) is 0 Å². The first-order valence-corrected chi connectivity index (χ1v) is 9.22. The fourth-order valence-corrected chi connectivity index (χ4v) is 3.69. The van der Waals surface area contributed by atoms with Gasteiger partial charge in [-0.05, 0) is 30.9 Å². The molecule has 0 atom stereocenters. The highest BCUT2D eigenvalue weighted by Crippen LogP contribution is 2.28. The minimum atomic E-state index is -0.664. The van der Waals surface area contributed by atoms with Crippen molar-refractivity contribution in [3.05, 3.63) is 46.7 Å². The van der Waals surface area contributed by atoms with Crippen LogP contribution >= 0.6 is 23.1 Å². The average molecular weight is 335 g/mol. The van der Waals surface area contributed by atoms with Crippen LogP contribution in [-0.2, 0) is 0 Å². The highest BCUT2D eigenvalue weighted by Gasteiger charge is 2.15. The molecule has 1 aromatic carbocycles. The molecule has 0 aliphatic rings. The minimum absolute atomic E-state index is 0.0299. The Morgan fingerprint density at radius 3 is 2.68 bits per heavy atom. The molecule has 5 heteroatoms. The zero-order chi connectivity index (χ0) is 16.0. The number of carbonyl (C=O) groups excluding carboxylic acids is 1. The van der Waals surface area contributed by atoms with Crippen molar-refractivity contribution >= 4 is 29.0 Å². The zero-order valence-electron chi connectivity index (χ0n) is 12.8. The molecule has 0 aliphatic heterocycles. The van der Waals surface area contributed by atoms with Crippen molar-refractivity contribution in [2.75, 3.05) is 18.1 Å². The van der Waals surface area contributed by atoms with Gasteiger partial charge in [0.1, 0.15) is 0 Å². The van der Waals surface area contributed by atoms with Crippen LogP contribution in [0.5, 0.6) is 0 Å². The van der Waals surface area contributed by atoms with E-state index in [0.29, 0.717) is 12.3 Å². The Balaban J connectivity index is 1.88. The molecule has 22 heavy (non-hydrogen) atoms. The Bertz CT molecular complexity index is 603. The van der Waals surface area contributed by atoms with E-state index in [1.165, 1.54) is 11.3 Å². The van der Waals surface area contributed by atoms with Crippen LogP contribution in [0, 0.1) is 0 Å². The summed E-state index contributed by atoms with van der Waals surface area (Å²) < 4.78 is 0. The molecule has 2 N–H and O–H groups in total. The third kappa shape index (κ3) is 5.16. The third-order valence-corrected chi connectivity index (χ3v) is 5.26. The van der Waals surface area contributed by atoms with Crippen LogP contribution < -0.4 is 5.32 Å². The Morgan fingerprint density at radius 1 is 1.27 bits per heavy atom. The van der Waals surface area contributed by atoms with Crippen LogP contribution in [0.25, 0.3) is 11.1 Å². The van der Waals surface area contributed by atoms with Gasteiger partial charge in [-0.1, -0.05) is 30.3 Å². The third-order valence-electron chi connectivity index (χ3n) is 2.94. The van der Waals surface area contributed by atoms with Crippen molar-refractivity contribution in [3.63, 3.8) is 0 Å².